The van der Waals surface area contributed by atoms with Gasteiger partial charge in [0.1, 0.15) is 0 Å². The molecular formula is C9H17N3O4S2. The Labute approximate surface area is 108 Å². The van der Waals surface area contributed by atoms with Crippen LogP contribution in [0.4, 0.5) is 0 Å². The van der Waals surface area contributed by atoms with Gasteiger partial charge >= 0.3 is 0 Å². The van der Waals surface area contributed by atoms with Crippen molar-refractivity contribution in [3.8, 4) is 6.07 Å². The van der Waals surface area contributed by atoms with Crippen LogP contribution in [0.5, 0.6) is 0 Å². The first-order valence-corrected chi connectivity index (χ1v) is 9.12. The molecular weight excluding hydrogens is 278 g/mol. The molecule has 0 aliphatic carbocycles. The van der Waals surface area contributed by atoms with Gasteiger partial charge in [0, 0.05) is 32.4 Å². The van der Waals surface area contributed by atoms with E-state index in [2.05, 4.69) is 6.07 Å². The van der Waals surface area contributed by atoms with Crippen LogP contribution in [0, 0.1) is 11.3 Å². The van der Waals surface area contributed by atoms with Crippen molar-refractivity contribution in [3.05, 3.63) is 0 Å². The molecule has 0 bridgehead atoms. The van der Waals surface area contributed by atoms with Crippen molar-refractivity contribution >= 4 is 19.9 Å². The van der Waals surface area contributed by atoms with Crippen LogP contribution in [-0.2, 0) is 19.9 Å². The molecule has 1 unspecified atom stereocenters. The van der Waals surface area contributed by atoms with Crippen molar-refractivity contribution in [2.24, 2.45) is 0 Å². The predicted molar refractivity (Wildman–Crippen MR) is 66.9 cm³/mol. The van der Waals surface area contributed by atoms with Crippen LogP contribution in [0.2, 0.25) is 0 Å². The zero-order valence-electron chi connectivity index (χ0n) is 10.4. The normalized spacial score (nSPS) is 21.4. The third kappa shape index (κ3) is 4.20. The van der Waals surface area contributed by atoms with E-state index in [9.17, 15) is 16.8 Å². The second-order valence-corrected chi connectivity index (χ2v) is 8.87. The summed E-state index contributed by atoms with van der Waals surface area (Å²) in [6.45, 7) is 3.09. The van der Waals surface area contributed by atoms with E-state index in [4.69, 9.17) is 5.26 Å². The minimum absolute atomic E-state index is 0.226. The zero-order valence-corrected chi connectivity index (χ0v) is 12.0. The van der Waals surface area contributed by atoms with E-state index in [-0.39, 0.29) is 19.1 Å². The number of rotatable bonds is 4. The SMILES string of the molecule is CC(C#N)N1CCN(S(=O)(=O)CS(C)(=O)=O)CC1. The molecule has 1 aliphatic rings. The maximum atomic E-state index is 11.8. The minimum Gasteiger partial charge on any atom is -0.286 e. The molecule has 0 aromatic rings. The molecule has 1 heterocycles. The Morgan fingerprint density at radius 3 is 2.06 bits per heavy atom. The highest BCUT2D eigenvalue weighted by Gasteiger charge is 2.30. The summed E-state index contributed by atoms with van der Waals surface area (Å²) in [4.78, 5) is 1.87. The molecule has 18 heavy (non-hydrogen) atoms. The van der Waals surface area contributed by atoms with Crippen molar-refractivity contribution in [2.75, 3.05) is 37.5 Å². The zero-order chi connectivity index (χ0) is 14.0. The first-order chi connectivity index (χ1) is 8.15. The smallest absolute Gasteiger partial charge is 0.228 e. The van der Waals surface area contributed by atoms with Gasteiger partial charge in [-0.05, 0) is 6.92 Å². The average Bonchev–Trinajstić information content (AvgIpc) is 2.25. The Bertz CT molecular complexity index is 527. The average molecular weight is 295 g/mol. The van der Waals surface area contributed by atoms with Gasteiger partial charge in [-0.2, -0.15) is 9.57 Å². The van der Waals surface area contributed by atoms with E-state index in [1.165, 1.54) is 4.31 Å². The predicted octanol–water partition coefficient (Wildman–Crippen LogP) is -1.15. The lowest BCUT2D eigenvalue weighted by Crippen LogP contribution is -2.51. The topological polar surface area (TPSA) is 98.5 Å². The molecule has 0 radical (unpaired) electrons. The summed E-state index contributed by atoms with van der Waals surface area (Å²) in [6, 6.07) is 1.83. The largest absolute Gasteiger partial charge is 0.286 e. The lowest BCUT2D eigenvalue weighted by Gasteiger charge is -2.34. The number of hydrogen-bond donors (Lipinski definition) is 0. The van der Waals surface area contributed by atoms with Gasteiger partial charge in [0.05, 0.1) is 12.1 Å². The van der Waals surface area contributed by atoms with Crippen molar-refractivity contribution < 1.29 is 16.8 Å². The summed E-state index contributed by atoms with van der Waals surface area (Å²) >= 11 is 0. The Morgan fingerprint density at radius 1 is 1.17 bits per heavy atom. The summed E-state index contributed by atoms with van der Waals surface area (Å²) < 4.78 is 46.9. The van der Waals surface area contributed by atoms with Gasteiger partial charge in [0.15, 0.2) is 14.9 Å². The van der Waals surface area contributed by atoms with E-state index < -0.39 is 24.9 Å². The molecule has 1 fully saturated rings. The van der Waals surface area contributed by atoms with Crippen LogP contribution in [0.3, 0.4) is 0 Å². The summed E-state index contributed by atoms with van der Waals surface area (Å²) in [5.74, 6) is 0. The quantitative estimate of drug-likeness (QED) is 0.649. The van der Waals surface area contributed by atoms with Crippen LogP contribution < -0.4 is 0 Å². The Hall–Kier alpha value is -0.690. The molecule has 0 N–H and O–H groups in total. The van der Waals surface area contributed by atoms with Crippen LogP contribution in [-0.4, -0.2) is 69.6 Å². The monoisotopic (exact) mass is 295 g/mol. The van der Waals surface area contributed by atoms with Crippen molar-refractivity contribution in [2.45, 2.75) is 13.0 Å². The maximum absolute atomic E-state index is 11.8. The fourth-order valence-corrected chi connectivity index (χ4v) is 5.28. The number of piperazine rings is 1. The highest BCUT2D eigenvalue weighted by atomic mass is 32.3. The van der Waals surface area contributed by atoms with Crippen LogP contribution >= 0.6 is 0 Å². The van der Waals surface area contributed by atoms with E-state index >= 15 is 0 Å². The lowest BCUT2D eigenvalue weighted by atomic mass is 10.2. The second kappa shape index (κ2) is 5.52. The summed E-state index contributed by atoms with van der Waals surface area (Å²) in [5, 5.41) is 7.91. The third-order valence-corrected chi connectivity index (χ3v) is 6.82. The van der Waals surface area contributed by atoms with E-state index in [0.717, 1.165) is 6.26 Å². The lowest BCUT2D eigenvalue weighted by molar-refractivity contribution is 0.170. The van der Waals surface area contributed by atoms with Gasteiger partial charge in [-0.3, -0.25) is 4.90 Å². The van der Waals surface area contributed by atoms with Gasteiger partial charge in [0.25, 0.3) is 0 Å². The Morgan fingerprint density at radius 2 is 1.67 bits per heavy atom. The molecule has 0 aromatic carbocycles. The van der Waals surface area contributed by atoms with Crippen LogP contribution in [0.1, 0.15) is 6.92 Å². The molecule has 0 amide bonds. The van der Waals surface area contributed by atoms with E-state index in [1.807, 2.05) is 4.90 Å². The maximum Gasteiger partial charge on any atom is 0.228 e. The fraction of sp³-hybridized carbons (Fsp3) is 0.889. The molecule has 0 spiro atoms. The second-order valence-electron chi connectivity index (χ2n) is 4.40. The van der Waals surface area contributed by atoms with Gasteiger partial charge in [-0.1, -0.05) is 0 Å². The van der Waals surface area contributed by atoms with Crippen molar-refractivity contribution in [3.63, 3.8) is 0 Å². The highest BCUT2D eigenvalue weighted by molar-refractivity contribution is 8.06. The van der Waals surface area contributed by atoms with Gasteiger partial charge in [0.2, 0.25) is 10.0 Å². The minimum atomic E-state index is -3.76. The molecule has 1 atom stereocenters. The summed E-state index contributed by atoms with van der Waals surface area (Å²) in [5.41, 5.74) is 0. The van der Waals surface area contributed by atoms with E-state index in [0.29, 0.717) is 13.1 Å². The fourth-order valence-electron chi connectivity index (χ4n) is 1.80. The standard InChI is InChI=1S/C9H17N3O4S2/c1-9(7-10)11-3-5-12(6-4-11)18(15,16)8-17(2,13)14/h9H,3-6,8H2,1-2H3. The molecule has 0 aromatic heterocycles. The van der Waals surface area contributed by atoms with Crippen LogP contribution in [0.15, 0.2) is 0 Å². The number of hydrogen-bond acceptors (Lipinski definition) is 6. The first kappa shape index (κ1) is 15.4. The molecule has 7 nitrogen and oxygen atoms in total. The van der Waals surface area contributed by atoms with E-state index in [1.54, 1.807) is 6.92 Å². The molecule has 0 saturated carbocycles. The number of nitriles is 1. The molecule has 104 valence electrons. The highest BCUT2D eigenvalue weighted by Crippen LogP contribution is 2.11. The molecule has 9 heteroatoms. The first-order valence-electron chi connectivity index (χ1n) is 5.45. The van der Waals surface area contributed by atoms with Gasteiger partial charge in [-0.25, -0.2) is 16.8 Å². The Balaban J connectivity index is 2.66. The number of nitrogens with zero attached hydrogens (tertiary/aromatic N) is 3. The van der Waals surface area contributed by atoms with Gasteiger partial charge < -0.3 is 0 Å². The van der Waals surface area contributed by atoms with Crippen molar-refractivity contribution in [1.29, 1.82) is 5.26 Å². The molecule has 1 aliphatic heterocycles. The number of sulfonamides is 1. The number of sulfone groups is 1. The van der Waals surface area contributed by atoms with Crippen molar-refractivity contribution in [1.82, 2.24) is 9.21 Å². The van der Waals surface area contributed by atoms with Crippen LogP contribution in [0.25, 0.3) is 0 Å². The third-order valence-electron chi connectivity index (χ3n) is 2.76. The Kier molecular flexibility index (Phi) is 4.72. The molecule has 1 saturated heterocycles. The summed E-state index contributed by atoms with van der Waals surface area (Å²) in [7, 11) is -7.32. The summed E-state index contributed by atoms with van der Waals surface area (Å²) in [6.07, 6.45) is 0.901. The molecule has 1 rings (SSSR count). The van der Waals surface area contributed by atoms with Gasteiger partial charge in [-0.15, -0.1) is 0 Å².